The summed E-state index contributed by atoms with van der Waals surface area (Å²) in [5.74, 6) is 1.28. The Morgan fingerprint density at radius 1 is 1.09 bits per heavy atom. The van der Waals surface area contributed by atoms with Gasteiger partial charge in [0.15, 0.2) is 0 Å². The van der Waals surface area contributed by atoms with Gasteiger partial charge in [0.2, 0.25) is 11.7 Å². The van der Waals surface area contributed by atoms with E-state index >= 15 is 0 Å². The van der Waals surface area contributed by atoms with E-state index in [9.17, 15) is 0 Å². The summed E-state index contributed by atoms with van der Waals surface area (Å²) in [5.41, 5.74) is 1.05. The number of hydrogen-bond acceptors (Lipinski definition) is 7. The van der Waals surface area contributed by atoms with E-state index in [1.165, 1.54) is 4.70 Å². The second-order valence-corrected chi connectivity index (χ2v) is 7.30. The molecular weight excluding hydrogens is 328 g/mol. The van der Waals surface area contributed by atoms with Crippen LogP contribution in [0.5, 0.6) is 0 Å². The van der Waals surface area contributed by atoms with Gasteiger partial charge in [-0.25, -0.2) is 4.98 Å². The number of hydrogen-bond donors (Lipinski definition) is 0. The third-order valence-corrected chi connectivity index (χ3v) is 5.25. The maximum Gasteiger partial charge on any atom is 0.241 e. The summed E-state index contributed by atoms with van der Waals surface area (Å²) < 4.78 is 6.56. The third-order valence-electron chi connectivity index (χ3n) is 3.36. The molecule has 0 unspecified atom stereocenters. The molecule has 0 saturated carbocycles. The molecule has 0 aliphatic rings. The first-order valence-electron chi connectivity index (χ1n) is 7.17. The van der Waals surface area contributed by atoms with Crippen molar-refractivity contribution in [3.05, 3.63) is 52.7 Å². The highest BCUT2D eigenvalue weighted by Gasteiger charge is 2.13. The lowest BCUT2D eigenvalue weighted by atomic mass is 10.3. The number of thiophene rings is 1. The van der Waals surface area contributed by atoms with Gasteiger partial charge in [0, 0.05) is 0 Å². The molecule has 0 fully saturated rings. The minimum absolute atomic E-state index is 0.605. The minimum Gasteiger partial charge on any atom is -0.338 e. The van der Waals surface area contributed by atoms with Gasteiger partial charge in [-0.1, -0.05) is 23.4 Å². The highest BCUT2D eigenvalue weighted by molar-refractivity contribution is 7.18. The lowest BCUT2D eigenvalue weighted by Crippen LogP contribution is -2.17. The summed E-state index contributed by atoms with van der Waals surface area (Å²) in [5, 5.41) is 7.13. The molecule has 0 aliphatic carbocycles. The summed E-state index contributed by atoms with van der Waals surface area (Å²) in [7, 11) is 2.03. The molecule has 0 atom stereocenters. The molecule has 0 radical (unpaired) electrons. The van der Waals surface area contributed by atoms with Crippen LogP contribution in [0, 0.1) is 0 Å². The van der Waals surface area contributed by atoms with E-state index in [-0.39, 0.29) is 0 Å². The van der Waals surface area contributed by atoms with Gasteiger partial charge in [-0.05, 0) is 30.6 Å². The van der Waals surface area contributed by atoms with E-state index < -0.39 is 0 Å². The van der Waals surface area contributed by atoms with Crippen molar-refractivity contribution in [2.45, 2.75) is 13.1 Å². The average Bonchev–Trinajstić information content (AvgIpc) is 3.26. The van der Waals surface area contributed by atoms with Gasteiger partial charge >= 0.3 is 0 Å². The highest BCUT2D eigenvalue weighted by Crippen LogP contribution is 2.24. The Morgan fingerprint density at radius 3 is 2.83 bits per heavy atom. The van der Waals surface area contributed by atoms with Crippen molar-refractivity contribution < 1.29 is 4.52 Å². The summed E-state index contributed by atoms with van der Waals surface area (Å²) in [6.07, 6.45) is 0. The monoisotopic (exact) mass is 342 g/mol. The number of para-hydroxylation sites is 1. The maximum atomic E-state index is 5.34. The van der Waals surface area contributed by atoms with Crippen molar-refractivity contribution in [3.63, 3.8) is 0 Å². The lowest BCUT2D eigenvalue weighted by Gasteiger charge is -2.11. The highest BCUT2D eigenvalue weighted by atomic mass is 32.1. The normalized spacial score (nSPS) is 11.6. The standard InChI is InChI=1S/C16H14N4OS2/c1-20(10-15-17-11-5-2-3-6-12(11)23-15)9-14-18-16(19-21-14)13-7-4-8-22-13/h2-8H,9-10H2,1H3. The molecule has 3 aromatic heterocycles. The van der Waals surface area contributed by atoms with Gasteiger partial charge in [-0.3, -0.25) is 4.90 Å². The van der Waals surface area contributed by atoms with Gasteiger partial charge < -0.3 is 4.52 Å². The van der Waals surface area contributed by atoms with E-state index in [1.807, 2.05) is 42.8 Å². The number of aromatic nitrogens is 3. The molecule has 23 heavy (non-hydrogen) atoms. The molecule has 3 heterocycles. The van der Waals surface area contributed by atoms with E-state index in [1.54, 1.807) is 22.7 Å². The molecular formula is C16H14N4OS2. The zero-order chi connectivity index (χ0) is 15.6. The van der Waals surface area contributed by atoms with Crippen LogP contribution in [0.3, 0.4) is 0 Å². The van der Waals surface area contributed by atoms with E-state index in [0.29, 0.717) is 18.3 Å². The Hall–Kier alpha value is -2.09. The number of fused-ring (bicyclic) bond motifs is 1. The van der Waals surface area contributed by atoms with Crippen LogP contribution in [0.15, 0.2) is 46.3 Å². The summed E-state index contributed by atoms with van der Waals surface area (Å²) in [6.45, 7) is 1.37. The van der Waals surface area contributed by atoms with Crippen LogP contribution < -0.4 is 0 Å². The van der Waals surface area contributed by atoms with Crippen molar-refractivity contribution >= 4 is 32.9 Å². The molecule has 116 valence electrons. The van der Waals surface area contributed by atoms with Gasteiger partial charge in [0.1, 0.15) is 5.01 Å². The summed E-state index contributed by atoms with van der Waals surface area (Å²) >= 11 is 3.33. The van der Waals surface area contributed by atoms with Crippen LogP contribution in [-0.2, 0) is 13.1 Å². The van der Waals surface area contributed by atoms with Gasteiger partial charge in [0.25, 0.3) is 0 Å². The van der Waals surface area contributed by atoms with E-state index in [2.05, 4.69) is 26.1 Å². The first-order valence-corrected chi connectivity index (χ1v) is 8.87. The van der Waals surface area contributed by atoms with Crippen LogP contribution in [0.2, 0.25) is 0 Å². The van der Waals surface area contributed by atoms with Crippen molar-refractivity contribution in [3.8, 4) is 10.7 Å². The Labute approximate surface area is 141 Å². The fourth-order valence-corrected chi connectivity index (χ4v) is 4.03. The first kappa shape index (κ1) is 14.5. The predicted octanol–water partition coefficient (Wildman–Crippen LogP) is 4.04. The molecule has 0 N–H and O–H groups in total. The topological polar surface area (TPSA) is 55.1 Å². The van der Waals surface area contributed by atoms with Gasteiger partial charge in [-0.2, -0.15) is 4.98 Å². The fourth-order valence-electron chi connectivity index (χ4n) is 2.33. The SMILES string of the molecule is CN(Cc1nc(-c2cccs2)no1)Cc1nc2ccccc2s1. The van der Waals surface area contributed by atoms with Gasteiger partial charge in [-0.15, -0.1) is 22.7 Å². The Morgan fingerprint density at radius 2 is 2.00 bits per heavy atom. The second kappa shape index (κ2) is 6.19. The van der Waals surface area contributed by atoms with E-state index in [4.69, 9.17) is 4.52 Å². The molecule has 7 heteroatoms. The fraction of sp³-hybridized carbons (Fsp3) is 0.188. The van der Waals surface area contributed by atoms with Crippen LogP contribution in [0.25, 0.3) is 20.9 Å². The summed E-state index contributed by atoms with van der Waals surface area (Å²) in [4.78, 5) is 12.3. The molecule has 0 amide bonds. The average molecular weight is 342 g/mol. The van der Waals surface area contributed by atoms with Crippen molar-refractivity contribution in [1.29, 1.82) is 0 Å². The number of thiazole rings is 1. The van der Waals surface area contributed by atoms with E-state index in [0.717, 1.165) is 21.9 Å². The molecule has 4 rings (SSSR count). The molecule has 0 saturated heterocycles. The van der Waals surface area contributed by atoms with Crippen LogP contribution >= 0.6 is 22.7 Å². The molecule has 5 nitrogen and oxygen atoms in total. The van der Waals surface area contributed by atoms with Crippen molar-refractivity contribution in [2.24, 2.45) is 0 Å². The largest absolute Gasteiger partial charge is 0.338 e. The molecule has 0 aliphatic heterocycles. The maximum absolute atomic E-state index is 5.34. The Bertz CT molecular complexity index is 880. The van der Waals surface area contributed by atoms with Crippen molar-refractivity contribution in [1.82, 2.24) is 20.0 Å². The predicted molar refractivity (Wildman–Crippen MR) is 92.4 cm³/mol. The minimum atomic E-state index is 0.605. The lowest BCUT2D eigenvalue weighted by molar-refractivity contribution is 0.260. The quantitative estimate of drug-likeness (QED) is 0.548. The molecule has 1 aromatic carbocycles. The van der Waals surface area contributed by atoms with Crippen LogP contribution in [0.4, 0.5) is 0 Å². The number of rotatable bonds is 5. The van der Waals surface area contributed by atoms with Crippen LogP contribution in [-0.4, -0.2) is 27.1 Å². The van der Waals surface area contributed by atoms with Crippen LogP contribution in [0.1, 0.15) is 10.9 Å². The molecule has 0 spiro atoms. The Balaban J connectivity index is 1.44. The van der Waals surface area contributed by atoms with Gasteiger partial charge in [0.05, 0.1) is 28.2 Å². The number of benzene rings is 1. The molecule has 4 aromatic rings. The third kappa shape index (κ3) is 3.17. The number of nitrogens with zero attached hydrogens (tertiary/aromatic N) is 4. The zero-order valence-corrected chi connectivity index (χ0v) is 14.1. The Kier molecular flexibility index (Phi) is 3.90. The first-order chi connectivity index (χ1) is 11.3. The zero-order valence-electron chi connectivity index (χ0n) is 12.5. The van der Waals surface area contributed by atoms with Crippen molar-refractivity contribution in [2.75, 3.05) is 7.05 Å². The molecule has 0 bridgehead atoms. The second-order valence-electron chi connectivity index (χ2n) is 5.24. The summed E-state index contributed by atoms with van der Waals surface area (Å²) in [6, 6.07) is 12.2. The smallest absolute Gasteiger partial charge is 0.241 e.